The summed E-state index contributed by atoms with van der Waals surface area (Å²) in [5.41, 5.74) is 2.68. The second-order valence-electron chi connectivity index (χ2n) is 8.67. The molecule has 33 heavy (non-hydrogen) atoms. The van der Waals surface area contributed by atoms with E-state index in [-0.39, 0.29) is 5.92 Å². The molecule has 9 heteroatoms. The number of hydrogen-bond donors (Lipinski definition) is 4. The molecule has 2 aromatic rings. The molecule has 0 spiro atoms. The van der Waals surface area contributed by atoms with E-state index >= 15 is 0 Å². The maximum absolute atomic E-state index is 10.7. The second kappa shape index (κ2) is 9.29. The maximum Gasteiger partial charge on any atom is 0.161 e. The van der Waals surface area contributed by atoms with Crippen LogP contribution in [0.4, 0.5) is 0 Å². The number of rotatable bonds is 4. The van der Waals surface area contributed by atoms with Gasteiger partial charge in [0.1, 0.15) is 43.4 Å². The molecule has 1 saturated heterocycles. The van der Waals surface area contributed by atoms with Gasteiger partial charge in [-0.1, -0.05) is 17.7 Å². The van der Waals surface area contributed by atoms with E-state index in [0.29, 0.717) is 49.2 Å². The highest BCUT2D eigenvalue weighted by Gasteiger charge is 2.47. The first-order chi connectivity index (χ1) is 16.0. The molecule has 3 aliphatic heterocycles. The van der Waals surface area contributed by atoms with Crippen LogP contribution in [0.3, 0.4) is 0 Å². The minimum absolute atomic E-state index is 0.309. The molecule has 0 radical (unpaired) electrons. The van der Waals surface area contributed by atoms with Crippen LogP contribution in [0.15, 0.2) is 30.3 Å². The van der Waals surface area contributed by atoms with Crippen LogP contribution in [0.25, 0.3) is 0 Å². The van der Waals surface area contributed by atoms with Crippen LogP contribution in [0.1, 0.15) is 29.0 Å². The summed E-state index contributed by atoms with van der Waals surface area (Å²) in [6.45, 7) is 0.967. The number of fused-ring (bicyclic) bond motifs is 2. The average Bonchev–Trinajstić information content (AvgIpc) is 2.83. The van der Waals surface area contributed by atoms with Gasteiger partial charge in [0.05, 0.1) is 19.3 Å². The average molecular weight is 479 g/mol. The van der Waals surface area contributed by atoms with Gasteiger partial charge in [0.25, 0.3) is 0 Å². The Morgan fingerprint density at radius 1 is 0.848 bits per heavy atom. The topological polar surface area (TPSA) is 118 Å². The van der Waals surface area contributed by atoms with Crippen LogP contribution < -0.4 is 14.2 Å². The van der Waals surface area contributed by atoms with Gasteiger partial charge in [-0.25, -0.2) is 0 Å². The summed E-state index contributed by atoms with van der Waals surface area (Å²) in [5.74, 6) is 1.71. The zero-order valence-electron chi connectivity index (χ0n) is 17.9. The van der Waals surface area contributed by atoms with E-state index in [1.807, 2.05) is 24.3 Å². The number of ether oxygens (including phenoxy) is 4. The van der Waals surface area contributed by atoms with Crippen LogP contribution >= 0.6 is 11.6 Å². The quantitative estimate of drug-likeness (QED) is 0.521. The summed E-state index contributed by atoms with van der Waals surface area (Å²) in [6.07, 6.45) is -4.80. The Balaban J connectivity index is 1.45. The minimum atomic E-state index is -1.42. The fraction of sp³-hybridized carbons (Fsp3) is 0.500. The minimum Gasteiger partial charge on any atom is -0.493 e. The summed E-state index contributed by atoms with van der Waals surface area (Å²) < 4.78 is 22.9. The Morgan fingerprint density at radius 3 is 2.39 bits per heavy atom. The largest absolute Gasteiger partial charge is 0.493 e. The molecule has 3 heterocycles. The van der Waals surface area contributed by atoms with Gasteiger partial charge in [0.2, 0.25) is 0 Å². The van der Waals surface area contributed by atoms with E-state index in [2.05, 4.69) is 0 Å². The lowest BCUT2D eigenvalue weighted by molar-refractivity contribution is -0.235. The molecule has 1 unspecified atom stereocenters. The Kier molecular flexibility index (Phi) is 6.39. The van der Waals surface area contributed by atoms with Crippen LogP contribution in [-0.4, -0.2) is 77.4 Å². The van der Waals surface area contributed by atoms with Crippen molar-refractivity contribution < 1.29 is 39.4 Å². The Labute approximate surface area is 196 Å². The monoisotopic (exact) mass is 478 g/mol. The van der Waals surface area contributed by atoms with Crippen LogP contribution in [-0.2, 0) is 11.2 Å². The molecule has 4 N–H and O–H groups in total. The lowest BCUT2D eigenvalue weighted by atomic mass is 9.80. The summed E-state index contributed by atoms with van der Waals surface area (Å²) >= 11 is 6.58. The number of benzene rings is 2. The van der Waals surface area contributed by atoms with Crippen molar-refractivity contribution in [3.8, 4) is 17.2 Å². The fourth-order valence-electron chi connectivity index (χ4n) is 4.84. The van der Waals surface area contributed by atoms with E-state index in [1.54, 1.807) is 6.07 Å². The predicted molar refractivity (Wildman–Crippen MR) is 118 cm³/mol. The number of hydrogen-bond acceptors (Lipinski definition) is 8. The van der Waals surface area contributed by atoms with Gasteiger partial charge in [-0.15, -0.1) is 0 Å². The summed E-state index contributed by atoms with van der Waals surface area (Å²) in [6, 6.07) is 9.50. The first kappa shape index (κ1) is 22.7. The van der Waals surface area contributed by atoms with Crippen molar-refractivity contribution in [3.05, 3.63) is 52.0 Å². The number of aliphatic hydroxyl groups is 4. The van der Waals surface area contributed by atoms with Gasteiger partial charge < -0.3 is 39.4 Å². The van der Waals surface area contributed by atoms with Crippen molar-refractivity contribution in [3.63, 3.8) is 0 Å². The lowest BCUT2D eigenvalue weighted by Gasteiger charge is -2.44. The van der Waals surface area contributed by atoms with Crippen molar-refractivity contribution in [1.29, 1.82) is 0 Å². The van der Waals surface area contributed by atoms with E-state index in [0.717, 1.165) is 22.4 Å². The predicted octanol–water partition coefficient (Wildman–Crippen LogP) is 1.41. The van der Waals surface area contributed by atoms with E-state index in [1.165, 1.54) is 0 Å². The van der Waals surface area contributed by atoms with E-state index in [4.69, 9.17) is 30.5 Å². The molecule has 0 aliphatic carbocycles. The van der Waals surface area contributed by atoms with Gasteiger partial charge in [0.15, 0.2) is 11.5 Å². The molecule has 5 rings (SSSR count). The molecule has 6 atom stereocenters. The van der Waals surface area contributed by atoms with Gasteiger partial charge >= 0.3 is 0 Å². The van der Waals surface area contributed by atoms with E-state index in [9.17, 15) is 20.4 Å². The Morgan fingerprint density at radius 2 is 1.61 bits per heavy atom. The second-order valence-corrected chi connectivity index (χ2v) is 9.08. The molecule has 0 bridgehead atoms. The first-order valence-electron chi connectivity index (χ1n) is 11.1. The molecule has 178 valence electrons. The first-order valence-corrected chi connectivity index (χ1v) is 11.5. The molecule has 3 aliphatic rings. The molecule has 0 amide bonds. The van der Waals surface area contributed by atoms with Crippen molar-refractivity contribution in [1.82, 2.24) is 0 Å². The molecular weight excluding hydrogens is 452 g/mol. The smallest absolute Gasteiger partial charge is 0.161 e. The zero-order valence-corrected chi connectivity index (χ0v) is 18.6. The normalized spacial score (nSPS) is 30.9. The highest BCUT2D eigenvalue weighted by Crippen LogP contribution is 2.43. The van der Waals surface area contributed by atoms with Gasteiger partial charge in [0, 0.05) is 16.5 Å². The third-order valence-corrected chi connectivity index (χ3v) is 6.94. The number of aliphatic hydroxyl groups excluding tert-OH is 4. The van der Waals surface area contributed by atoms with E-state index < -0.39 is 37.1 Å². The number of halogens is 1. The van der Waals surface area contributed by atoms with Crippen LogP contribution in [0, 0.1) is 0 Å². The zero-order chi connectivity index (χ0) is 23.1. The SMILES string of the molecule is OC[C@H]1O[C@@H](C2CCOc3cc(Cl)c(Cc4ccc5c(c4)OCCO5)cc32)[C@H](O)[C@@H](O)[C@@H]1O. The van der Waals surface area contributed by atoms with Gasteiger partial charge in [-0.2, -0.15) is 0 Å². The Bertz CT molecular complexity index is 1010. The molecular formula is C24H27ClO8. The van der Waals surface area contributed by atoms with Crippen LogP contribution in [0.5, 0.6) is 17.2 Å². The Hall–Kier alpha value is -2.07. The van der Waals surface area contributed by atoms with Gasteiger partial charge in [-0.05, 0) is 48.2 Å². The lowest BCUT2D eigenvalue weighted by Crippen LogP contribution is -2.60. The van der Waals surface area contributed by atoms with Crippen molar-refractivity contribution >= 4 is 11.6 Å². The third kappa shape index (κ3) is 4.27. The molecule has 0 aromatic heterocycles. The van der Waals surface area contributed by atoms with Gasteiger partial charge in [-0.3, -0.25) is 0 Å². The molecule has 0 saturated carbocycles. The highest BCUT2D eigenvalue weighted by atomic mass is 35.5. The molecule has 8 nitrogen and oxygen atoms in total. The maximum atomic E-state index is 10.7. The van der Waals surface area contributed by atoms with Crippen molar-refractivity contribution in [2.45, 2.75) is 49.3 Å². The van der Waals surface area contributed by atoms with Crippen molar-refractivity contribution in [2.24, 2.45) is 0 Å². The fourth-order valence-corrected chi connectivity index (χ4v) is 5.06. The van der Waals surface area contributed by atoms with Crippen molar-refractivity contribution in [2.75, 3.05) is 26.4 Å². The third-order valence-electron chi connectivity index (χ3n) is 6.59. The summed E-state index contributed by atoms with van der Waals surface area (Å²) in [5, 5.41) is 41.2. The molecule has 2 aromatic carbocycles. The summed E-state index contributed by atoms with van der Waals surface area (Å²) in [4.78, 5) is 0. The summed E-state index contributed by atoms with van der Waals surface area (Å²) in [7, 11) is 0. The highest BCUT2D eigenvalue weighted by molar-refractivity contribution is 6.31. The van der Waals surface area contributed by atoms with Crippen LogP contribution in [0.2, 0.25) is 5.02 Å². The molecule has 1 fully saturated rings. The standard InChI is InChI=1S/C24H27ClO8/c25-16-10-18-15(9-13(16)7-12-1-2-17-19(8-12)32-6-5-31-17)14(3-4-30-18)24-23(29)22(28)21(27)20(11-26)33-24/h1-2,8-10,14,20-24,26-29H,3-7,11H2/t14?,20-,21-,22+,23-,24+/m1/s1.